The molecule has 3 aromatic rings. The summed E-state index contributed by atoms with van der Waals surface area (Å²) < 4.78 is 27.8. The summed E-state index contributed by atoms with van der Waals surface area (Å²) in [6.45, 7) is 5.25. The number of hydrogen-bond acceptors (Lipinski definition) is 3. The zero-order chi connectivity index (χ0) is 23.0. The van der Waals surface area contributed by atoms with E-state index in [0.717, 1.165) is 11.1 Å². The number of halogens is 2. The second kappa shape index (κ2) is 11.0. The molecular weight excluding hydrogens is 455 g/mol. The third-order valence-corrected chi connectivity index (χ3v) is 5.96. The third kappa shape index (κ3) is 6.59. The minimum absolute atomic E-state index is 0.0895. The van der Waals surface area contributed by atoms with E-state index in [2.05, 4.69) is 16.6 Å². The molecule has 5 nitrogen and oxygen atoms in total. The van der Waals surface area contributed by atoms with Crippen molar-refractivity contribution in [3.8, 4) is 11.1 Å². The number of allylic oxidation sites excluding steroid dienone is 1. The fourth-order valence-electron chi connectivity index (χ4n) is 2.62. The van der Waals surface area contributed by atoms with E-state index in [1.807, 2.05) is 6.92 Å². The number of carbonyl (C=O) groups is 1. The molecule has 2 N–H and O–H groups in total. The van der Waals surface area contributed by atoms with Crippen molar-refractivity contribution in [3.63, 3.8) is 0 Å². The minimum atomic E-state index is -3.81. The molecule has 0 saturated carbocycles. The number of rotatable bonds is 5. The van der Waals surface area contributed by atoms with Gasteiger partial charge in [-0.3, -0.25) is 9.52 Å². The Morgan fingerprint density at radius 1 is 1.00 bits per heavy atom. The Morgan fingerprint density at radius 3 is 2.23 bits per heavy atom. The van der Waals surface area contributed by atoms with Crippen LogP contribution in [-0.2, 0) is 10.0 Å². The van der Waals surface area contributed by atoms with E-state index < -0.39 is 10.0 Å². The number of hydrogen-bond donors (Lipinski definition) is 2. The Bertz CT molecular complexity index is 1180. The molecule has 0 heterocycles. The van der Waals surface area contributed by atoms with Crippen molar-refractivity contribution in [1.29, 1.82) is 0 Å². The normalized spacial score (nSPS) is 10.5. The summed E-state index contributed by atoms with van der Waals surface area (Å²) in [5.41, 5.74) is 2.17. The first-order valence-corrected chi connectivity index (χ1v) is 11.4. The van der Waals surface area contributed by atoms with E-state index in [-0.39, 0.29) is 10.8 Å². The van der Waals surface area contributed by atoms with Gasteiger partial charge in [0.15, 0.2) is 0 Å². The predicted octanol–water partition coefficient (Wildman–Crippen LogP) is 6.01. The summed E-state index contributed by atoms with van der Waals surface area (Å²) in [5.74, 6) is -0.301. The second-order valence-electron chi connectivity index (χ2n) is 6.32. The molecule has 3 rings (SSSR count). The lowest BCUT2D eigenvalue weighted by atomic mass is 10.1. The van der Waals surface area contributed by atoms with Crippen LogP contribution < -0.4 is 10.0 Å². The lowest BCUT2D eigenvalue weighted by Crippen LogP contribution is -2.18. The molecular formula is C23H22Cl2N2O3S. The Kier molecular flexibility index (Phi) is 8.68. The Morgan fingerprint density at radius 2 is 1.65 bits per heavy atom. The number of anilines is 1. The SMILES string of the molecule is C=CC.CNC(=O)c1cccc(NS(=O)(=O)c2ccc(-c3ccc(Cl)cc3Cl)cc2)c1. The van der Waals surface area contributed by atoms with Crippen molar-refractivity contribution in [2.24, 2.45) is 0 Å². The van der Waals surface area contributed by atoms with Gasteiger partial charge in [0.05, 0.1) is 4.90 Å². The number of amides is 1. The van der Waals surface area contributed by atoms with Crippen molar-refractivity contribution in [2.45, 2.75) is 11.8 Å². The molecule has 8 heteroatoms. The fourth-order valence-corrected chi connectivity index (χ4v) is 4.19. The largest absolute Gasteiger partial charge is 0.355 e. The van der Waals surface area contributed by atoms with Crippen molar-refractivity contribution < 1.29 is 13.2 Å². The maximum absolute atomic E-state index is 12.7. The van der Waals surface area contributed by atoms with Crippen molar-refractivity contribution in [2.75, 3.05) is 11.8 Å². The minimum Gasteiger partial charge on any atom is -0.355 e. The second-order valence-corrected chi connectivity index (χ2v) is 8.85. The van der Waals surface area contributed by atoms with E-state index in [1.54, 1.807) is 54.6 Å². The molecule has 1 amide bonds. The molecule has 31 heavy (non-hydrogen) atoms. The van der Waals surface area contributed by atoms with Crippen LogP contribution >= 0.6 is 23.2 Å². The first-order chi connectivity index (χ1) is 14.7. The van der Waals surface area contributed by atoms with Crippen LogP contribution in [0.15, 0.2) is 84.3 Å². The van der Waals surface area contributed by atoms with Crippen molar-refractivity contribution in [3.05, 3.63) is 95.0 Å². The van der Waals surface area contributed by atoms with Gasteiger partial charge in [0, 0.05) is 33.9 Å². The highest BCUT2D eigenvalue weighted by Crippen LogP contribution is 2.31. The summed E-state index contributed by atoms with van der Waals surface area (Å²) >= 11 is 12.1. The van der Waals surface area contributed by atoms with Crippen LogP contribution in [0.4, 0.5) is 5.69 Å². The van der Waals surface area contributed by atoms with Crippen molar-refractivity contribution >= 4 is 44.8 Å². The third-order valence-electron chi connectivity index (χ3n) is 4.01. The highest BCUT2D eigenvalue weighted by atomic mass is 35.5. The van der Waals surface area contributed by atoms with Gasteiger partial charge >= 0.3 is 0 Å². The molecule has 3 aromatic carbocycles. The number of sulfonamides is 1. The maximum Gasteiger partial charge on any atom is 0.261 e. The summed E-state index contributed by atoms with van der Waals surface area (Å²) in [5, 5.41) is 3.50. The van der Waals surface area contributed by atoms with Gasteiger partial charge < -0.3 is 5.32 Å². The molecule has 0 fully saturated rings. The van der Waals surface area contributed by atoms with Crippen LogP contribution in [0.25, 0.3) is 11.1 Å². The highest BCUT2D eigenvalue weighted by molar-refractivity contribution is 7.92. The first kappa shape index (κ1) is 24.5. The fraction of sp³-hybridized carbons (Fsp3) is 0.0870. The highest BCUT2D eigenvalue weighted by Gasteiger charge is 2.15. The molecule has 0 aliphatic heterocycles. The molecule has 0 saturated heterocycles. The van der Waals surface area contributed by atoms with Gasteiger partial charge in [-0.2, -0.15) is 0 Å². The molecule has 162 valence electrons. The quantitative estimate of drug-likeness (QED) is 0.442. The van der Waals surface area contributed by atoms with Crippen molar-refractivity contribution in [1.82, 2.24) is 5.32 Å². The molecule has 0 unspecified atom stereocenters. The van der Waals surface area contributed by atoms with Gasteiger partial charge in [-0.15, -0.1) is 6.58 Å². The summed E-state index contributed by atoms with van der Waals surface area (Å²) in [6.07, 6.45) is 1.75. The lowest BCUT2D eigenvalue weighted by Gasteiger charge is -2.10. The van der Waals surface area contributed by atoms with E-state index in [9.17, 15) is 13.2 Å². The van der Waals surface area contributed by atoms with Gasteiger partial charge in [0.25, 0.3) is 15.9 Å². The van der Waals surface area contributed by atoms with Crippen LogP contribution in [-0.4, -0.2) is 21.4 Å². The standard InChI is InChI=1S/C20H16Cl2N2O3S.C3H6/c1-23-20(25)14-3-2-4-16(11-14)24-28(26,27)17-8-5-13(6-9-17)18-10-7-15(21)12-19(18)22;1-3-2/h2-12,24H,1H3,(H,23,25);3H,1H2,2H3. The summed E-state index contributed by atoms with van der Waals surface area (Å²) in [7, 11) is -2.31. The van der Waals surface area contributed by atoms with Crippen LogP contribution in [0, 0.1) is 0 Å². The smallest absolute Gasteiger partial charge is 0.261 e. The Labute approximate surface area is 192 Å². The zero-order valence-corrected chi connectivity index (χ0v) is 19.4. The molecule has 0 bridgehead atoms. The van der Waals surface area contributed by atoms with Crippen LogP contribution in [0.3, 0.4) is 0 Å². The molecule has 0 aliphatic carbocycles. The van der Waals surface area contributed by atoms with Gasteiger partial charge in [-0.25, -0.2) is 8.42 Å². The van der Waals surface area contributed by atoms with Gasteiger partial charge in [-0.1, -0.05) is 53.5 Å². The van der Waals surface area contributed by atoms with Gasteiger partial charge in [-0.05, 0) is 55.0 Å². The first-order valence-electron chi connectivity index (χ1n) is 9.19. The average Bonchev–Trinajstić information content (AvgIpc) is 2.74. The zero-order valence-electron chi connectivity index (χ0n) is 17.0. The van der Waals surface area contributed by atoms with Gasteiger partial charge in [0.2, 0.25) is 0 Å². The maximum atomic E-state index is 12.7. The molecule has 0 aliphatic rings. The number of nitrogens with one attached hydrogen (secondary N) is 2. The van der Waals surface area contributed by atoms with E-state index in [4.69, 9.17) is 23.2 Å². The van der Waals surface area contributed by atoms with Crippen LogP contribution in [0.5, 0.6) is 0 Å². The molecule has 0 spiro atoms. The average molecular weight is 477 g/mol. The van der Waals surface area contributed by atoms with E-state index >= 15 is 0 Å². The monoisotopic (exact) mass is 476 g/mol. The predicted molar refractivity (Wildman–Crippen MR) is 128 cm³/mol. The van der Waals surface area contributed by atoms with E-state index in [0.29, 0.717) is 21.3 Å². The van der Waals surface area contributed by atoms with Crippen LogP contribution in [0.1, 0.15) is 17.3 Å². The van der Waals surface area contributed by atoms with E-state index in [1.165, 1.54) is 25.2 Å². The molecule has 0 atom stereocenters. The number of carbonyl (C=O) groups excluding carboxylic acids is 1. The topological polar surface area (TPSA) is 75.3 Å². The van der Waals surface area contributed by atoms with Crippen LogP contribution in [0.2, 0.25) is 10.0 Å². The Balaban J connectivity index is 0.00000107. The summed E-state index contributed by atoms with van der Waals surface area (Å²) in [6, 6.07) is 17.7. The number of benzene rings is 3. The molecule has 0 aromatic heterocycles. The van der Waals surface area contributed by atoms with Gasteiger partial charge in [0.1, 0.15) is 0 Å². The summed E-state index contributed by atoms with van der Waals surface area (Å²) in [4.78, 5) is 11.8. The molecule has 0 radical (unpaired) electrons. The lowest BCUT2D eigenvalue weighted by molar-refractivity contribution is 0.0963. The Hall–Kier alpha value is -2.80.